The van der Waals surface area contributed by atoms with Crippen molar-refractivity contribution in [1.29, 1.82) is 0 Å². The Kier molecular flexibility index (Phi) is 5.75. The van der Waals surface area contributed by atoms with Crippen LogP contribution in [0.25, 0.3) is 0 Å². The Labute approximate surface area is 130 Å². The molecule has 0 saturated heterocycles. The molecule has 0 aromatic heterocycles. The molecule has 0 amide bonds. The van der Waals surface area contributed by atoms with E-state index in [4.69, 9.17) is 27.9 Å². The standard InChI is InChI=1S/C17H18Cl2O/c1-2-3-4-13-5-8-15(9-6-13)20-17-10-7-14(12-18)11-16(17)19/h5-11H,2-4,12H2,1H3. The third kappa shape index (κ3) is 4.16. The van der Waals surface area contributed by atoms with Crippen molar-refractivity contribution in [3.05, 3.63) is 58.6 Å². The van der Waals surface area contributed by atoms with Gasteiger partial charge >= 0.3 is 0 Å². The summed E-state index contributed by atoms with van der Waals surface area (Å²) in [6.45, 7) is 2.20. The normalized spacial score (nSPS) is 10.6. The summed E-state index contributed by atoms with van der Waals surface area (Å²) in [6.07, 6.45) is 3.54. The van der Waals surface area contributed by atoms with Gasteiger partial charge in [-0.05, 0) is 48.2 Å². The predicted octanol–water partition coefficient (Wildman–Crippen LogP) is 6.21. The summed E-state index contributed by atoms with van der Waals surface area (Å²) in [4.78, 5) is 0. The Morgan fingerprint density at radius 2 is 1.70 bits per heavy atom. The van der Waals surface area contributed by atoms with E-state index in [1.54, 1.807) is 0 Å². The molecular formula is C17H18Cl2O. The van der Waals surface area contributed by atoms with E-state index < -0.39 is 0 Å². The number of unbranched alkanes of at least 4 members (excludes halogenated alkanes) is 1. The fourth-order valence-corrected chi connectivity index (χ4v) is 2.35. The number of halogens is 2. The Bertz CT molecular complexity index is 549. The summed E-state index contributed by atoms with van der Waals surface area (Å²) < 4.78 is 5.79. The van der Waals surface area contributed by atoms with E-state index >= 15 is 0 Å². The van der Waals surface area contributed by atoms with E-state index in [1.807, 2.05) is 30.3 Å². The van der Waals surface area contributed by atoms with Crippen molar-refractivity contribution in [2.45, 2.75) is 32.1 Å². The summed E-state index contributed by atoms with van der Waals surface area (Å²) in [5, 5.41) is 0.582. The second-order valence-electron chi connectivity index (χ2n) is 4.75. The van der Waals surface area contributed by atoms with Crippen LogP contribution in [0.15, 0.2) is 42.5 Å². The van der Waals surface area contributed by atoms with Gasteiger partial charge < -0.3 is 4.74 Å². The van der Waals surface area contributed by atoms with Crippen molar-refractivity contribution in [2.75, 3.05) is 0 Å². The molecule has 0 aliphatic heterocycles. The van der Waals surface area contributed by atoms with E-state index in [0.29, 0.717) is 16.7 Å². The zero-order chi connectivity index (χ0) is 14.4. The zero-order valence-electron chi connectivity index (χ0n) is 11.5. The maximum Gasteiger partial charge on any atom is 0.146 e. The van der Waals surface area contributed by atoms with Crippen molar-refractivity contribution in [1.82, 2.24) is 0 Å². The first-order valence-corrected chi connectivity index (χ1v) is 7.75. The van der Waals surface area contributed by atoms with Gasteiger partial charge in [-0.2, -0.15) is 0 Å². The third-order valence-corrected chi connectivity index (χ3v) is 3.72. The molecular weight excluding hydrogens is 291 g/mol. The van der Waals surface area contributed by atoms with Crippen LogP contribution in [0.3, 0.4) is 0 Å². The average molecular weight is 309 g/mol. The van der Waals surface area contributed by atoms with Gasteiger partial charge in [0, 0.05) is 5.88 Å². The molecule has 0 unspecified atom stereocenters. The lowest BCUT2D eigenvalue weighted by atomic mass is 10.1. The van der Waals surface area contributed by atoms with E-state index in [-0.39, 0.29) is 0 Å². The van der Waals surface area contributed by atoms with Crippen LogP contribution in [0.1, 0.15) is 30.9 Å². The van der Waals surface area contributed by atoms with Gasteiger partial charge in [-0.25, -0.2) is 0 Å². The van der Waals surface area contributed by atoms with Gasteiger partial charge in [-0.1, -0.05) is 43.1 Å². The van der Waals surface area contributed by atoms with Crippen LogP contribution >= 0.6 is 23.2 Å². The van der Waals surface area contributed by atoms with Crippen LogP contribution in [0, 0.1) is 0 Å². The topological polar surface area (TPSA) is 9.23 Å². The number of ether oxygens (including phenoxy) is 1. The van der Waals surface area contributed by atoms with Crippen LogP contribution in [0.5, 0.6) is 11.5 Å². The fourth-order valence-electron chi connectivity index (χ4n) is 1.94. The highest BCUT2D eigenvalue weighted by molar-refractivity contribution is 6.32. The molecule has 20 heavy (non-hydrogen) atoms. The van der Waals surface area contributed by atoms with Gasteiger partial charge in [0.15, 0.2) is 0 Å². The predicted molar refractivity (Wildman–Crippen MR) is 86.1 cm³/mol. The van der Waals surface area contributed by atoms with Crippen molar-refractivity contribution in [2.24, 2.45) is 0 Å². The largest absolute Gasteiger partial charge is 0.456 e. The molecule has 0 aliphatic carbocycles. The maximum absolute atomic E-state index is 6.17. The average Bonchev–Trinajstić information content (AvgIpc) is 2.48. The molecule has 2 aromatic carbocycles. The van der Waals surface area contributed by atoms with Gasteiger partial charge in [0.05, 0.1) is 5.02 Å². The van der Waals surface area contributed by atoms with E-state index in [0.717, 1.165) is 17.7 Å². The molecule has 106 valence electrons. The first kappa shape index (κ1) is 15.2. The second-order valence-corrected chi connectivity index (χ2v) is 5.42. The second kappa shape index (κ2) is 7.56. The lowest BCUT2D eigenvalue weighted by molar-refractivity contribution is 0.482. The molecule has 0 heterocycles. The Morgan fingerprint density at radius 1 is 1.00 bits per heavy atom. The minimum absolute atomic E-state index is 0.451. The van der Waals surface area contributed by atoms with Crippen molar-refractivity contribution in [3.63, 3.8) is 0 Å². The van der Waals surface area contributed by atoms with Gasteiger partial charge in [0.25, 0.3) is 0 Å². The molecule has 1 nitrogen and oxygen atoms in total. The first-order valence-electron chi connectivity index (χ1n) is 6.84. The highest BCUT2D eigenvalue weighted by Crippen LogP contribution is 2.30. The molecule has 3 heteroatoms. The van der Waals surface area contributed by atoms with E-state index in [1.165, 1.54) is 18.4 Å². The highest BCUT2D eigenvalue weighted by atomic mass is 35.5. The van der Waals surface area contributed by atoms with Crippen LogP contribution in [-0.4, -0.2) is 0 Å². The molecule has 0 aliphatic rings. The Morgan fingerprint density at radius 3 is 2.30 bits per heavy atom. The van der Waals surface area contributed by atoms with Gasteiger partial charge in [-0.15, -0.1) is 11.6 Å². The van der Waals surface area contributed by atoms with Crippen molar-refractivity contribution < 1.29 is 4.74 Å². The molecule has 0 bridgehead atoms. The lowest BCUT2D eigenvalue weighted by Gasteiger charge is -2.09. The van der Waals surface area contributed by atoms with Crippen molar-refractivity contribution in [3.8, 4) is 11.5 Å². The summed E-state index contributed by atoms with van der Waals surface area (Å²) in [5.41, 5.74) is 2.32. The van der Waals surface area contributed by atoms with Gasteiger partial charge in [0.1, 0.15) is 11.5 Å². The van der Waals surface area contributed by atoms with Crippen LogP contribution < -0.4 is 4.74 Å². The molecule has 2 rings (SSSR count). The zero-order valence-corrected chi connectivity index (χ0v) is 13.0. The molecule has 0 N–H and O–H groups in total. The van der Waals surface area contributed by atoms with Crippen LogP contribution in [0.4, 0.5) is 0 Å². The summed E-state index contributed by atoms with van der Waals surface area (Å²) in [7, 11) is 0. The number of alkyl halides is 1. The number of rotatable bonds is 6. The number of hydrogen-bond acceptors (Lipinski definition) is 1. The number of benzene rings is 2. The fraction of sp³-hybridized carbons (Fsp3) is 0.294. The summed E-state index contributed by atoms with van der Waals surface area (Å²) in [6, 6.07) is 13.8. The van der Waals surface area contributed by atoms with Crippen LogP contribution in [-0.2, 0) is 12.3 Å². The highest BCUT2D eigenvalue weighted by Gasteiger charge is 2.04. The van der Waals surface area contributed by atoms with Crippen LogP contribution in [0.2, 0.25) is 5.02 Å². The molecule has 0 saturated carbocycles. The molecule has 0 atom stereocenters. The summed E-state index contributed by atoms with van der Waals surface area (Å²) in [5.74, 6) is 1.90. The number of aryl methyl sites for hydroxylation is 1. The quantitative estimate of drug-likeness (QED) is 0.576. The van der Waals surface area contributed by atoms with Crippen molar-refractivity contribution >= 4 is 23.2 Å². The monoisotopic (exact) mass is 308 g/mol. The smallest absolute Gasteiger partial charge is 0.146 e. The third-order valence-electron chi connectivity index (χ3n) is 3.12. The number of hydrogen-bond donors (Lipinski definition) is 0. The molecule has 0 fully saturated rings. The Hall–Kier alpha value is -1.18. The minimum atomic E-state index is 0.451. The van der Waals surface area contributed by atoms with Gasteiger partial charge in [-0.3, -0.25) is 0 Å². The van der Waals surface area contributed by atoms with E-state index in [2.05, 4.69) is 19.1 Å². The minimum Gasteiger partial charge on any atom is -0.456 e. The SMILES string of the molecule is CCCCc1ccc(Oc2ccc(CCl)cc2Cl)cc1. The van der Waals surface area contributed by atoms with E-state index in [9.17, 15) is 0 Å². The van der Waals surface area contributed by atoms with Gasteiger partial charge in [0.2, 0.25) is 0 Å². The first-order chi connectivity index (χ1) is 9.72. The lowest BCUT2D eigenvalue weighted by Crippen LogP contribution is -1.88. The maximum atomic E-state index is 6.17. The molecule has 2 aromatic rings. The molecule has 0 radical (unpaired) electrons. The summed E-state index contributed by atoms with van der Waals surface area (Å²) >= 11 is 11.9. The molecule has 0 spiro atoms. The Balaban J connectivity index is 2.06.